The third-order valence-corrected chi connectivity index (χ3v) is 7.05. The van der Waals surface area contributed by atoms with Crippen molar-refractivity contribution >= 4 is 33.0 Å². The summed E-state index contributed by atoms with van der Waals surface area (Å²) in [6.45, 7) is 3.80. The quantitative estimate of drug-likeness (QED) is 0.553. The molecule has 3 aromatic carbocycles. The summed E-state index contributed by atoms with van der Waals surface area (Å²) in [4.78, 5) is 15.3. The number of anilines is 3. The highest BCUT2D eigenvalue weighted by molar-refractivity contribution is 7.92. The van der Waals surface area contributed by atoms with Crippen LogP contribution in [0.2, 0.25) is 0 Å². The van der Waals surface area contributed by atoms with Crippen molar-refractivity contribution in [2.75, 3.05) is 28.0 Å². The third kappa shape index (κ3) is 4.94. The lowest BCUT2D eigenvalue weighted by Crippen LogP contribution is -2.30. The molecule has 1 heterocycles. The maximum absolute atomic E-state index is 12.9. The Morgan fingerprint density at radius 1 is 0.812 bits per heavy atom. The number of nitrogens with one attached hydrogen (secondary N) is 2. The molecule has 0 radical (unpaired) electrons. The van der Waals surface area contributed by atoms with Gasteiger partial charge in [0.05, 0.1) is 22.0 Å². The van der Waals surface area contributed by atoms with Gasteiger partial charge >= 0.3 is 0 Å². The van der Waals surface area contributed by atoms with E-state index in [1.54, 1.807) is 12.1 Å². The van der Waals surface area contributed by atoms with Crippen LogP contribution in [0.4, 0.5) is 17.1 Å². The van der Waals surface area contributed by atoms with E-state index in [4.69, 9.17) is 0 Å². The monoisotopic (exact) mass is 449 g/mol. The van der Waals surface area contributed by atoms with Gasteiger partial charge in [0.25, 0.3) is 15.9 Å². The van der Waals surface area contributed by atoms with Gasteiger partial charge in [-0.1, -0.05) is 30.3 Å². The minimum Gasteiger partial charge on any atom is -0.370 e. The summed E-state index contributed by atoms with van der Waals surface area (Å²) >= 11 is 0. The van der Waals surface area contributed by atoms with Crippen molar-refractivity contribution in [1.29, 1.82) is 0 Å². The smallest absolute Gasteiger partial charge is 0.261 e. The van der Waals surface area contributed by atoms with Crippen LogP contribution in [0.5, 0.6) is 0 Å². The molecular weight excluding hydrogens is 422 g/mol. The van der Waals surface area contributed by atoms with Gasteiger partial charge in [-0.3, -0.25) is 9.52 Å². The molecule has 32 heavy (non-hydrogen) atoms. The van der Waals surface area contributed by atoms with E-state index in [-0.39, 0.29) is 10.8 Å². The average molecular weight is 450 g/mol. The molecule has 1 fully saturated rings. The number of para-hydroxylation sites is 3. The molecule has 0 saturated carbocycles. The van der Waals surface area contributed by atoms with Crippen molar-refractivity contribution in [3.63, 3.8) is 0 Å². The van der Waals surface area contributed by atoms with E-state index in [0.29, 0.717) is 11.3 Å². The molecule has 2 N–H and O–H groups in total. The Morgan fingerprint density at radius 2 is 1.44 bits per heavy atom. The van der Waals surface area contributed by atoms with Gasteiger partial charge in [0, 0.05) is 18.7 Å². The van der Waals surface area contributed by atoms with Crippen molar-refractivity contribution in [3.8, 4) is 0 Å². The van der Waals surface area contributed by atoms with Crippen LogP contribution < -0.4 is 14.9 Å². The Bertz CT molecular complexity index is 1200. The predicted molar refractivity (Wildman–Crippen MR) is 129 cm³/mol. The van der Waals surface area contributed by atoms with Crippen LogP contribution in [0, 0.1) is 6.92 Å². The SMILES string of the molecule is Cc1ccccc1NS(=O)(=O)c1ccc(C(=O)Nc2ccccc2N2CCCCC2)cc1. The van der Waals surface area contributed by atoms with Gasteiger partial charge in [-0.2, -0.15) is 0 Å². The molecule has 7 heteroatoms. The van der Waals surface area contributed by atoms with Gasteiger partial charge in [0.1, 0.15) is 0 Å². The molecule has 0 bridgehead atoms. The van der Waals surface area contributed by atoms with Crippen LogP contribution in [-0.4, -0.2) is 27.4 Å². The fraction of sp³-hybridized carbons (Fsp3) is 0.240. The molecule has 0 atom stereocenters. The Labute approximate surface area is 189 Å². The summed E-state index contributed by atoms with van der Waals surface area (Å²) in [7, 11) is -3.75. The van der Waals surface area contributed by atoms with Crippen LogP contribution in [0.15, 0.2) is 77.7 Å². The zero-order valence-electron chi connectivity index (χ0n) is 18.0. The van der Waals surface area contributed by atoms with Crippen LogP contribution in [0.1, 0.15) is 35.2 Å². The van der Waals surface area contributed by atoms with E-state index in [2.05, 4.69) is 14.9 Å². The molecule has 4 rings (SSSR count). The second-order valence-electron chi connectivity index (χ2n) is 7.96. The first-order valence-corrected chi connectivity index (χ1v) is 12.3. The van der Waals surface area contributed by atoms with Gasteiger partial charge < -0.3 is 10.2 Å². The highest BCUT2D eigenvalue weighted by Gasteiger charge is 2.18. The zero-order chi connectivity index (χ0) is 22.6. The van der Waals surface area contributed by atoms with E-state index < -0.39 is 10.0 Å². The lowest BCUT2D eigenvalue weighted by Gasteiger charge is -2.30. The first-order valence-electron chi connectivity index (χ1n) is 10.8. The maximum Gasteiger partial charge on any atom is 0.261 e. The Morgan fingerprint density at radius 3 is 2.12 bits per heavy atom. The largest absolute Gasteiger partial charge is 0.370 e. The van der Waals surface area contributed by atoms with E-state index in [1.165, 1.54) is 30.7 Å². The minimum atomic E-state index is -3.75. The summed E-state index contributed by atoms with van der Waals surface area (Å²) < 4.78 is 28.1. The number of piperidine rings is 1. The fourth-order valence-electron chi connectivity index (χ4n) is 3.86. The van der Waals surface area contributed by atoms with Gasteiger partial charge in [-0.05, 0) is 74.2 Å². The molecule has 1 amide bonds. The average Bonchev–Trinajstić information content (AvgIpc) is 2.81. The molecular formula is C25H27N3O3S. The molecule has 0 aliphatic carbocycles. The number of aryl methyl sites for hydroxylation is 1. The predicted octanol–water partition coefficient (Wildman–Crippen LogP) is 5.04. The molecule has 3 aromatic rings. The molecule has 6 nitrogen and oxygen atoms in total. The van der Waals surface area contributed by atoms with Crippen molar-refractivity contribution in [2.24, 2.45) is 0 Å². The van der Waals surface area contributed by atoms with Crippen molar-refractivity contribution in [1.82, 2.24) is 0 Å². The van der Waals surface area contributed by atoms with Gasteiger partial charge in [0.15, 0.2) is 0 Å². The van der Waals surface area contributed by atoms with E-state index in [0.717, 1.165) is 42.9 Å². The number of carbonyl (C=O) groups excluding carboxylic acids is 1. The molecule has 0 spiro atoms. The standard InChI is InChI=1S/C25H27N3O3S/c1-19-9-3-4-10-22(19)27-32(30,31)21-15-13-20(14-16-21)25(29)26-23-11-5-6-12-24(23)28-17-7-2-8-18-28/h3-6,9-16,27H,2,7-8,17-18H2,1H3,(H,26,29). The number of hydrogen-bond donors (Lipinski definition) is 2. The summed E-state index contributed by atoms with van der Waals surface area (Å²) in [5.41, 5.74) is 3.54. The Hall–Kier alpha value is -3.32. The number of nitrogens with zero attached hydrogens (tertiary/aromatic N) is 1. The molecule has 0 aromatic heterocycles. The van der Waals surface area contributed by atoms with Crippen molar-refractivity contribution < 1.29 is 13.2 Å². The van der Waals surface area contributed by atoms with E-state index >= 15 is 0 Å². The number of hydrogen-bond acceptors (Lipinski definition) is 4. The lowest BCUT2D eigenvalue weighted by molar-refractivity contribution is 0.102. The highest BCUT2D eigenvalue weighted by atomic mass is 32.2. The number of carbonyl (C=O) groups is 1. The van der Waals surface area contributed by atoms with Crippen molar-refractivity contribution in [2.45, 2.75) is 31.1 Å². The number of benzene rings is 3. The minimum absolute atomic E-state index is 0.103. The van der Waals surface area contributed by atoms with Crippen molar-refractivity contribution in [3.05, 3.63) is 83.9 Å². The molecule has 1 aliphatic rings. The normalized spacial score (nSPS) is 14.1. The first-order chi connectivity index (χ1) is 15.4. The summed E-state index contributed by atoms with van der Waals surface area (Å²) in [5, 5.41) is 2.98. The maximum atomic E-state index is 12.9. The van der Waals surface area contributed by atoms with Crippen LogP contribution >= 0.6 is 0 Å². The van der Waals surface area contributed by atoms with Gasteiger partial charge in [0.2, 0.25) is 0 Å². The van der Waals surface area contributed by atoms with E-state index in [9.17, 15) is 13.2 Å². The van der Waals surface area contributed by atoms with Crippen LogP contribution in [0.25, 0.3) is 0 Å². The Balaban J connectivity index is 1.49. The third-order valence-electron chi connectivity index (χ3n) is 5.67. The summed E-state index contributed by atoms with van der Waals surface area (Å²) in [5.74, 6) is -0.273. The van der Waals surface area contributed by atoms with Gasteiger partial charge in [-0.15, -0.1) is 0 Å². The van der Waals surface area contributed by atoms with Crippen LogP contribution in [-0.2, 0) is 10.0 Å². The molecule has 1 aliphatic heterocycles. The van der Waals surface area contributed by atoms with E-state index in [1.807, 2.05) is 43.3 Å². The Kier molecular flexibility index (Phi) is 6.46. The number of amides is 1. The molecule has 1 saturated heterocycles. The van der Waals surface area contributed by atoms with Gasteiger partial charge in [-0.25, -0.2) is 8.42 Å². The fourth-order valence-corrected chi connectivity index (χ4v) is 4.99. The highest BCUT2D eigenvalue weighted by Crippen LogP contribution is 2.29. The summed E-state index contributed by atoms with van der Waals surface area (Å²) in [6, 6.07) is 20.9. The molecule has 166 valence electrons. The number of sulfonamides is 1. The lowest BCUT2D eigenvalue weighted by atomic mass is 10.1. The first kappa shape index (κ1) is 21.9. The topological polar surface area (TPSA) is 78.5 Å². The van der Waals surface area contributed by atoms with Crippen LogP contribution in [0.3, 0.4) is 0 Å². The zero-order valence-corrected chi connectivity index (χ0v) is 18.9. The second-order valence-corrected chi connectivity index (χ2v) is 9.65. The summed E-state index contributed by atoms with van der Waals surface area (Å²) in [6.07, 6.45) is 3.53. The second kappa shape index (κ2) is 9.44. The molecule has 0 unspecified atom stereocenters. The number of rotatable bonds is 6.